The van der Waals surface area contributed by atoms with Crippen molar-refractivity contribution in [1.29, 1.82) is 0 Å². The van der Waals surface area contributed by atoms with Crippen molar-refractivity contribution in [2.75, 3.05) is 5.32 Å². The van der Waals surface area contributed by atoms with Crippen LogP contribution in [0.2, 0.25) is 10.0 Å². The molecule has 0 spiro atoms. The molecule has 0 aliphatic rings. The first kappa shape index (κ1) is 15.3. The number of nitrogens with one attached hydrogen (secondary N) is 1. The highest BCUT2D eigenvalue weighted by Crippen LogP contribution is 2.22. The fourth-order valence-electron chi connectivity index (χ4n) is 1.61. The normalized spacial score (nSPS) is 10.2. The van der Waals surface area contributed by atoms with E-state index in [-0.39, 0.29) is 21.2 Å². The van der Waals surface area contributed by atoms with Gasteiger partial charge in [-0.15, -0.1) is 0 Å². The van der Waals surface area contributed by atoms with Crippen LogP contribution < -0.4 is 5.32 Å². The summed E-state index contributed by atoms with van der Waals surface area (Å²) in [5.41, 5.74) is 0.412. The molecule has 4 nitrogen and oxygen atoms in total. The Morgan fingerprint density at radius 2 is 1.76 bits per heavy atom. The van der Waals surface area contributed by atoms with Gasteiger partial charge >= 0.3 is 5.97 Å². The van der Waals surface area contributed by atoms with Crippen LogP contribution in [0.3, 0.4) is 0 Å². The van der Waals surface area contributed by atoms with Gasteiger partial charge in [0.1, 0.15) is 5.82 Å². The van der Waals surface area contributed by atoms with Crippen LogP contribution in [0, 0.1) is 5.82 Å². The van der Waals surface area contributed by atoms with Crippen molar-refractivity contribution >= 4 is 40.8 Å². The van der Waals surface area contributed by atoms with Crippen LogP contribution in [0.1, 0.15) is 20.7 Å². The molecule has 21 heavy (non-hydrogen) atoms. The number of carboxylic acid groups (broad SMARTS) is 1. The van der Waals surface area contributed by atoms with Gasteiger partial charge in [-0.25, -0.2) is 9.18 Å². The van der Waals surface area contributed by atoms with E-state index in [1.807, 2.05) is 0 Å². The number of amides is 1. The van der Waals surface area contributed by atoms with Crippen molar-refractivity contribution in [3.8, 4) is 0 Å². The molecule has 0 heterocycles. The first-order valence-corrected chi connectivity index (χ1v) is 6.43. The van der Waals surface area contributed by atoms with Crippen LogP contribution in [-0.2, 0) is 0 Å². The van der Waals surface area contributed by atoms with Crippen molar-refractivity contribution in [2.24, 2.45) is 0 Å². The monoisotopic (exact) mass is 327 g/mol. The summed E-state index contributed by atoms with van der Waals surface area (Å²) in [6.45, 7) is 0. The van der Waals surface area contributed by atoms with Gasteiger partial charge in [0.05, 0.1) is 15.6 Å². The topological polar surface area (TPSA) is 66.4 Å². The lowest BCUT2D eigenvalue weighted by Gasteiger charge is -2.07. The molecule has 2 rings (SSSR count). The maximum Gasteiger partial charge on any atom is 0.337 e. The summed E-state index contributed by atoms with van der Waals surface area (Å²) in [6.07, 6.45) is 0. The lowest BCUT2D eigenvalue weighted by Crippen LogP contribution is -2.12. The van der Waals surface area contributed by atoms with Gasteiger partial charge in [0.25, 0.3) is 5.91 Å². The number of hydrogen-bond donors (Lipinski definition) is 2. The molecule has 2 N–H and O–H groups in total. The molecule has 7 heteroatoms. The van der Waals surface area contributed by atoms with Gasteiger partial charge in [-0.1, -0.05) is 23.2 Å². The van der Waals surface area contributed by atoms with Gasteiger partial charge in [0.2, 0.25) is 0 Å². The molecule has 0 saturated heterocycles. The smallest absolute Gasteiger partial charge is 0.337 e. The third-order valence-electron chi connectivity index (χ3n) is 2.64. The number of halogens is 3. The molecule has 108 valence electrons. The van der Waals surface area contributed by atoms with Crippen LogP contribution in [0.15, 0.2) is 36.4 Å². The van der Waals surface area contributed by atoms with Crippen LogP contribution in [-0.4, -0.2) is 17.0 Å². The minimum Gasteiger partial charge on any atom is -0.478 e. The van der Waals surface area contributed by atoms with E-state index in [4.69, 9.17) is 28.3 Å². The maximum absolute atomic E-state index is 13.0. The number of aromatic carboxylic acids is 1. The summed E-state index contributed by atoms with van der Waals surface area (Å²) >= 11 is 11.4. The molecule has 1 amide bonds. The summed E-state index contributed by atoms with van der Waals surface area (Å²) < 4.78 is 13.0. The van der Waals surface area contributed by atoms with Crippen molar-refractivity contribution in [3.05, 3.63) is 63.4 Å². The number of carboxylic acids is 1. The standard InChI is InChI=1S/C14H8Cl2FNO3/c15-10-6-8(2-3-9(10)14(20)21)18-13(19)7-1-4-12(17)11(16)5-7/h1-6H,(H,18,19)(H,20,21). The van der Waals surface area contributed by atoms with E-state index in [0.29, 0.717) is 5.69 Å². The molecule has 0 radical (unpaired) electrons. The zero-order valence-corrected chi connectivity index (χ0v) is 11.9. The Bertz CT molecular complexity index is 734. The van der Waals surface area contributed by atoms with Crippen molar-refractivity contribution in [2.45, 2.75) is 0 Å². The van der Waals surface area contributed by atoms with Crippen molar-refractivity contribution < 1.29 is 19.1 Å². The Morgan fingerprint density at radius 1 is 1.05 bits per heavy atom. The van der Waals surface area contributed by atoms with Crippen LogP contribution >= 0.6 is 23.2 Å². The number of carbonyl (C=O) groups is 2. The quantitative estimate of drug-likeness (QED) is 0.892. The van der Waals surface area contributed by atoms with Crippen LogP contribution in [0.4, 0.5) is 10.1 Å². The Labute approximate surface area is 129 Å². The molecular weight excluding hydrogens is 320 g/mol. The average Bonchev–Trinajstić information content (AvgIpc) is 2.41. The van der Waals surface area contributed by atoms with E-state index >= 15 is 0 Å². The van der Waals surface area contributed by atoms with E-state index in [0.717, 1.165) is 6.07 Å². The SMILES string of the molecule is O=C(Nc1ccc(C(=O)O)c(Cl)c1)c1ccc(F)c(Cl)c1. The molecule has 2 aromatic carbocycles. The highest BCUT2D eigenvalue weighted by Gasteiger charge is 2.12. The van der Waals surface area contributed by atoms with Crippen LogP contribution in [0.25, 0.3) is 0 Å². The lowest BCUT2D eigenvalue weighted by molar-refractivity contribution is 0.0697. The first-order valence-electron chi connectivity index (χ1n) is 5.67. The average molecular weight is 328 g/mol. The van der Waals surface area contributed by atoms with E-state index in [1.165, 1.54) is 30.3 Å². The molecular formula is C14H8Cl2FNO3. The van der Waals surface area contributed by atoms with Gasteiger partial charge in [0.15, 0.2) is 0 Å². The zero-order chi connectivity index (χ0) is 15.6. The Balaban J connectivity index is 2.21. The Morgan fingerprint density at radius 3 is 2.33 bits per heavy atom. The summed E-state index contributed by atoms with van der Waals surface area (Å²) in [7, 11) is 0. The molecule has 0 fully saturated rings. The second kappa shape index (κ2) is 6.11. The zero-order valence-electron chi connectivity index (χ0n) is 10.4. The van der Waals surface area contributed by atoms with Gasteiger partial charge in [-0.05, 0) is 36.4 Å². The van der Waals surface area contributed by atoms with E-state index in [2.05, 4.69) is 5.32 Å². The van der Waals surface area contributed by atoms with E-state index in [1.54, 1.807) is 0 Å². The van der Waals surface area contributed by atoms with E-state index < -0.39 is 17.7 Å². The first-order chi connectivity index (χ1) is 9.88. The fourth-order valence-corrected chi connectivity index (χ4v) is 2.05. The summed E-state index contributed by atoms with van der Waals surface area (Å²) in [5, 5.41) is 11.2. The maximum atomic E-state index is 13.0. The Kier molecular flexibility index (Phi) is 4.45. The molecule has 0 unspecified atom stereocenters. The number of benzene rings is 2. The van der Waals surface area contributed by atoms with Crippen LogP contribution in [0.5, 0.6) is 0 Å². The second-order valence-electron chi connectivity index (χ2n) is 4.08. The minimum atomic E-state index is -1.16. The van der Waals surface area contributed by atoms with Gasteiger partial charge in [-0.3, -0.25) is 4.79 Å². The summed E-state index contributed by atoms with van der Waals surface area (Å²) in [5.74, 6) is -2.30. The second-order valence-corrected chi connectivity index (χ2v) is 4.90. The molecule has 0 aliphatic heterocycles. The lowest BCUT2D eigenvalue weighted by atomic mass is 10.1. The third kappa shape index (κ3) is 3.51. The highest BCUT2D eigenvalue weighted by atomic mass is 35.5. The summed E-state index contributed by atoms with van der Waals surface area (Å²) in [4.78, 5) is 22.8. The van der Waals surface area contributed by atoms with Gasteiger partial charge < -0.3 is 10.4 Å². The molecule has 0 bridgehead atoms. The Hall–Kier alpha value is -2.11. The molecule has 0 aliphatic carbocycles. The number of rotatable bonds is 3. The number of anilines is 1. The van der Waals surface area contributed by atoms with Gasteiger partial charge in [0, 0.05) is 11.3 Å². The molecule has 2 aromatic rings. The highest BCUT2D eigenvalue weighted by molar-refractivity contribution is 6.34. The van der Waals surface area contributed by atoms with E-state index in [9.17, 15) is 14.0 Å². The number of carbonyl (C=O) groups excluding carboxylic acids is 1. The van der Waals surface area contributed by atoms with Gasteiger partial charge in [-0.2, -0.15) is 0 Å². The predicted octanol–water partition coefficient (Wildman–Crippen LogP) is 4.08. The largest absolute Gasteiger partial charge is 0.478 e. The summed E-state index contributed by atoms with van der Waals surface area (Å²) in [6, 6.07) is 7.55. The third-order valence-corrected chi connectivity index (χ3v) is 3.24. The predicted molar refractivity (Wildman–Crippen MR) is 77.8 cm³/mol. The number of hydrogen-bond acceptors (Lipinski definition) is 2. The molecule has 0 aromatic heterocycles. The van der Waals surface area contributed by atoms with Crippen molar-refractivity contribution in [1.82, 2.24) is 0 Å². The fraction of sp³-hybridized carbons (Fsp3) is 0. The minimum absolute atomic E-state index is 0.00237. The molecule has 0 saturated carbocycles. The van der Waals surface area contributed by atoms with Crippen molar-refractivity contribution in [3.63, 3.8) is 0 Å². The molecule has 0 atom stereocenters.